The number of halogens is 1. The minimum Gasteiger partial charge on any atom is -0.483 e. The molecule has 0 atom stereocenters. The molecule has 1 rings (SSSR count). The highest BCUT2D eigenvalue weighted by atomic mass is 32.1. The minimum absolute atomic E-state index is 0.267. The zero-order chi connectivity index (χ0) is 7.40. The van der Waals surface area contributed by atoms with Gasteiger partial charge in [-0.1, -0.05) is 6.07 Å². The summed E-state index contributed by atoms with van der Waals surface area (Å²) in [6.45, 7) is 0. The van der Waals surface area contributed by atoms with Crippen LogP contribution < -0.4 is 4.74 Å². The molecule has 0 heterocycles. The van der Waals surface area contributed by atoms with Gasteiger partial charge in [0.05, 0.1) is 0 Å². The lowest BCUT2D eigenvalue weighted by molar-refractivity contribution is 0.392. The van der Waals surface area contributed by atoms with Gasteiger partial charge in [0, 0.05) is 6.07 Å². The summed E-state index contributed by atoms with van der Waals surface area (Å²) in [5.41, 5.74) is 0. The Labute approximate surface area is 64.2 Å². The summed E-state index contributed by atoms with van der Waals surface area (Å²) in [6, 6.07) is 5.95. The topological polar surface area (TPSA) is 9.23 Å². The molecule has 0 aliphatic heterocycles. The van der Waals surface area contributed by atoms with Gasteiger partial charge in [-0.05, 0) is 12.1 Å². The van der Waals surface area contributed by atoms with E-state index in [0.717, 1.165) is 0 Å². The SMILES string of the molecule is Fc1cccc(OCS)c1. The van der Waals surface area contributed by atoms with Crippen molar-refractivity contribution in [2.45, 2.75) is 0 Å². The maximum Gasteiger partial charge on any atom is 0.131 e. The number of ether oxygens (including phenoxy) is 1. The predicted molar refractivity (Wildman–Crippen MR) is 40.9 cm³/mol. The molecule has 1 aromatic rings. The second-order valence-corrected chi connectivity index (χ2v) is 1.99. The van der Waals surface area contributed by atoms with Crippen LogP contribution in [0.2, 0.25) is 0 Å². The van der Waals surface area contributed by atoms with Gasteiger partial charge in [0.2, 0.25) is 0 Å². The van der Waals surface area contributed by atoms with Crippen LogP contribution >= 0.6 is 12.6 Å². The molecule has 0 N–H and O–H groups in total. The summed E-state index contributed by atoms with van der Waals surface area (Å²) in [5, 5.41) is 0. The quantitative estimate of drug-likeness (QED) is 0.512. The number of rotatable bonds is 2. The molecule has 0 spiro atoms. The van der Waals surface area contributed by atoms with Crippen LogP contribution in [0.3, 0.4) is 0 Å². The lowest BCUT2D eigenvalue weighted by atomic mass is 10.3. The van der Waals surface area contributed by atoms with Gasteiger partial charge in [-0.15, -0.1) is 12.6 Å². The molecule has 3 heteroatoms. The molecule has 0 unspecified atom stereocenters. The van der Waals surface area contributed by atoms with Crippen molar-refractivity contribution in [3.8, 4) is 5.75 Å². The van der Waals surface area contributed by atoms with Gasteiger partial charge in [-0.3, -0.25) is 0 Å². The second-order valence-electron chi connectivity index (χ2n) is 1.73. The zero-order valence-corrected chi connectivity index (χ0v) is 6.14. The first-order valence-electron chi connectivity index (χ1n) is 2.82. The maximum atomic E-state index is 12.4. The third-order valence-electron chi connectivity index (χ3n) is 1.03. The maximum absolute atomic E-state index is 12.4. The van der Waals surface area contributed by atoms with Crippen molar-refractivity contribution in [1.82, 2.24) is 0 Å². The van der Waals surface area contributed by atoms with Crippen LogP contribution in [0.5, 0.6) is 5.75 Å². The van der Waals surface area contributed by atoms with Crippen LogP contribution in [0.25, 0.3) is 0 Å². The number of thiol groups is 1. The molecule has 0 bridgehead atoms. The largest absolute Gasteiger partial charge is 0.483 e. The third kappa shape index (κ3) is 1.92. The van der Waals surface area contributed by atoms with Crippen molar-refractivity contribution in [2.75, 3.05) is 5.94 Å². The molecule has 10 heavy (non-hydrogen) atoms. The summed E-state index contributed by atoms with van der Waals surface area (Å²) in [5.74, 6) is 0.484. The van der Waals surface area contributed by atoms with Gasteiger partial charge < -0.3 is 4.74 Å². The van der Waals surface area contributed by atoms with Crippen LogP contribution in [0.15, 0.2) is 24.3 Å². The summed E-state index contributed by atoms with van der Waals surface area (Å²) in [6.07, 6.45) is 0. The Morgan fingerprint density at radius 2 is 2.30 bits per heavy atom. The van der Waals surface area contributed by atoms with Gasteiger partial charge in [0.1, 0.15) is 17.5 Å². The summed E-state index contributed by atoms with van der Waals surface area (Å²) in [4.78, 5) is 0. The van der Waals surface area contributed by atoms with Crippen molar-refractivity contribution < 1.29 is 9.13 Å². The van der Waals surface area contributed by atoms with E-state index in [-0.39, 0.29) is 11.8 Å². The Bertz CT molecular complexity index is 215. The highest BCUT2D eigenvalue weighted by Gasteiger charge is 1.92. The molecule has 1 aromatic carbocycles. The molecule has 0 aliphatic carbocycles. The highest BCUT2D eigenvalue weighted by molar-refractivity contribution is 7.80. The van der Waals surface area contributed by atoms with Gasteiger partial charge in [-0.25, -0.2) is 4.39 Å². The molecule has 0 fully saturated rings. The highest BCUT2D eigenvalue weighted by Crippen LogP contribution is 2.11. The first-order chi connectivity index (χ1) is 4.83. The van der Waals surface area contributed by atoms with Crippen molar-refractivity contribution >= 4 is 12.6 Å². The van der Waals surface area contributed by atoms with E-state index in [9.17, 15) is 4.39 Å². The molecular formula is C7H7FOS. The van der Waals surface area contributed by atoms with Crippen LogP contribution in [0.4, 0.5) is 4.39 Å². The van der Waals surface area contributed by atoms with Gasteiger partial charge in [0.25, 0.3) is 0 Å². The number of benzene rings is 1. The van der Waals surface area contributed by atoms with Crippen LogP contribution in [0.1, 0.15) is 0 Å². The second kappa shape index (κ2) is 3.46. The lowest BCUT2D eigenvalue weighted by Crippen LogP contribution is -1.88. The first-order valence-corrected chi connectivity index (χ1v) is 3.45. The van der Waals surface area contributed by atoms with Crippen molar-refractivity contribution in [3.05, 3.63) is 30.1 Å². The molecule has 1 nitrogen and oxygen atoms in total. The van der Waals surface area contributed by atoms with Crippen molar-refractivity contribution in [2.24, 2.45) is 0 Å². The fraction of sp³-hybridized carbons (Fsp3) is 0.143. The zero-order valence-electron chi connectivity index (χ0n) is 5.25. The Kier molecular flexibility index (Phi) is 2.57. The molecule has 0 saturated carbocycles. The number of hydrogen-bond acceptors (Lipinski definition) is 2. The van der Waals surface area contributed by atoms with Crippen LogP contribution in [0, 0.1) is 5.82 Å². The standard InChI is InChI=1S/C7H7FOS/c8-6-2-1-3-7(4-6)9-5-10/h1-4,10H,5H2. The first kappa shape index (κ1) is 7.41. The van der Waals surface area contributed by atoms with Crippen LogP contribution in [-0.4, -0.2) is 5.94 Å². The fourth-order valence-electron chi connectivity index (χ4n) is 0.631. The molecule has 0 aliphatic rings. The summed E-state index contributed by atoms with van der Waals surface area (Å²) >= 11 is 3.82. The lowest BCUT2D eigenvalue weighted by Gasteiger charge is -1.99. The molecule has 0 radical (unpaired) electrons. The average Bonchev–Trinajstić information content (AvgIpc) is 1.88. The van der Waals surface area contributed by atoms with E-state index in [1.807, 2.05) is 0 Å². The predicted octanol–water partition coefficient (Wildman–Crippen LogP) is 2.09. The molecule has 54 valence electrons. The van der Waals surface area contributed by atoms with E-state index in [2.05, 4.69) is 12.6 Å². The van der Waals surface area contributed by atoms with Crippen molar-refractivity contribution in [3.63, 3.8) is 0 Å². The monoisotopic (exact) mass is 158 g/mol. The molecule has 0 amide bonds. The van der Waals surface area contributed by atoms with Gasteiger partial charge in [0.15, 0.2) is 0 Å². The van der Waals surface area contributed by atoms with Gasteiger partial charge >= 0.3 is 0 Å². The van der Waals surface area contributed by atoms with E-state index in [1.165, 1.54) is 12.1 Å². The Hall–Kier alpha value is -0.700. The van der Waals surface area contributed by atoms with E-state index < -0.39 is 0 Å². The van der Waals surface area contributed by atoms with E-state index >= 15 is 0 Å². The van der Waals surface area contributed by atoms with E-state index in [1.54, 1.807) is 12.1 Å². The van der Waals surface area contributed by atoms with Gasteiger partial charge in [-0.2, -0.15) is 0 Å². The molecule has 0 aromatic heterocycles. The fourth-order valence-corrected chi connectivity index (χ4v) is 0.780. The third-order valence-corrected chi connectivity index (χ3v) is 1.16. The summed E-state index contributed by atoms with van der Waals surface area (Å²) in [7, 11) is 0. The van der Waals surface area contributed by atoms with Crippen LogP contribution in [-0.2, 0) is 0 Å². The Morgan fingerprint density at radius 3 is 2.90 bits per heavy atom. The molecular weight excluding hydrogens is 151 g/mol. The summed E-state index contributed by atoms with van der Waals surface area (Å²) < 4.78 is 17.3. The smallest absolute Gasteiger partial charge is 0.131 e. The number of hydrogen-bond donors (Lipinski definition) is 1. The Morgan fingerprint density at radius 1 is 1.50 bits per heavy atom. The Balaban J connectivity index is 2.75. The molecule has 0 saturated heterocycles. The average molecular weight is 158 g/mol. The van der Waals surface area contributed by atoms with E-state index in [0.29, 0.717) is 5.75 Å². The minimum atomic E-state index is -0.292. The normalized spacial score (nSPS) is 9.40. The van der Waals surface area contributed by atoms with Crippen molar-refractivity contribution in [1.29, 1.82) is 0 Å². The van der Waals surface area contributed by atoms with E-state index in [4.69, 9.17) is 4.74 Å².